The summed E-state index contributed by atoms with van der Waals surface area (Å²) in [6, 6.07) is 5.52. The Bertz CT molecular complexity index is 2680. The van der Waals surface area contributed by atoms with Crippen molar-refractivity contribution in [1.29, 1.82) is 0 Å². The largest absolute Gasteiger partial charge is 0.459 e. The van der Waals surface area contributed by atoms with Gasteiger partial charge in [-0.05, 0) is 172 Å². The number of benzene rings is 1. The molecule has 12 rings (SSSR count). The maximum Gasteiger partial charge on any atom is 0.350 e. The number of Topliss-reactive ketones (excluding diaryl/α,β-unsaturated/α-hetero) is 2. The number of likely N-dealkylation sites (N-methyl/N-ethyl adjacent to an activating group) is 1. The molecule has 6 aliphatic heterocycles. The highest BCUT2D eigenvalue weighted by Crippen LogP contribution is 2.63. The molecule has 1 spiro atoms. The lowest BCUT2D eigenvalue weighted by molar-refractivity contribution is -0.170. The molecule has 0 amide bonds. The number of aliphatic hydroxyl groups excluding tert-OH is 2. The lowest BCUT2D eigenvalue weighted by atomic mass is 9.49. The summed E-state index contributed by atoms with van der Waals surface area (Å²) in [6.45, 7) is 7.36. The van der Waals surface area contributed by atoms with E-state index in [-0.39, 0.29) is 72.2 Å². The van der Waals surface area contributed by atoms with Gasteiger partial charge in [0.1, 0.15) is 11.9 Å². The highest BCUT2D eigenvalue weighted by atomic mass is 16.7. The Morgan fingerprint density at radius 1 is 1.04 bits per heavy atom. The smallest absolute Gasteiger partial charge is 0.350 e. The minimum atomic E-state index is -2.27. The summed E-state index contributed by atoms with van der Waals surface area (Å²) >= 11 is 0. The summed E-state index contributed by atoms with van der Waals surface area (Å²) < 4.78 is 13.9. The van der Waals surface area contributed by atoms with Gasteiger partial charge in [0.15, 0.2) is 11.4 Å². The van der Waals surface area contributed by atoms with Crippen LogP contribution in [0.2, 0.25) is 0 Å². The summed E-state index contributed by atoms with van der Waals surface area (Å²) in [7, 11) is 1.96. The standard InChI is InChI=1S/C60H78N6O7/c1-5-65-58-26-22-39(24-28-67)52-51(58)45-18-17-37(43-12-6-10-41(31-58)49(43)45)11-8-25-57(3,29-36-15-20-47(61)64-33-36)30-40-9-7-13-46-50(40)54(70)60(56(71)72-52)59(73-60,53(46)69)32-42(34-68)35(2)14-16-38-23-27-63-55-44(38)19-21-48(62-4)66-55/h6-7,9-10,13,15,17-18,20,23,31,33,37,39,43,45,47-49,51-52,62-68H,5,8,11-12,14,16,19,21-22,24-30,32,34,61H2,1-4H3. The number of ether oxygens (including phenoxy) is 2. The number of dihydropyridines is 2. The Morgan fingerprint density at radius 3 is 2.68 bits per heavy atom. The van der Waals surface area contributed by atoms with Gasteiger partial charge in [-0.2, -0.15) is 0 Å². The minimum Gasteiger partial charge on any atom is -0.459 e. The molecule has 13 unspecified atom stereocenters. The molecule has 1 saturated carbocycles. The number of rotatable bonds is 13. The molecule has 13 atom stereocenters. The average Bonchev–Trinajstić information content (AvgIpc) is 4.10. The molecular weight excluding hydrogens is 917 g/mol. The molecule has 1 aromatic rings. The molecule has 2 fully saturated rings. The topological polar surface area (TPSA) is 200 Å². The Morgan fingerprint density at radius 2 is 1.90 bits per heavy atom. The number of esters is 1. The molecule has 11 aliphatic rings. The van der Waals surface area contributed by atoms with Gasteiger partial charge in [-0.1, -0.05) is 86.6 Å². The first-order valence-corrected chi connectivity index (χ1v) is 27.6. The normalized spacial score (nSPS) is 38.3. The van der Waals surface area contributed by atoms with Crippen LogP contribution in [0.25, 0.3) is 0 Å². The Hall–Kier alpha value is -4.89. The third-order valence-electron chi connectivity index (χ3n) is 19.2. The number of carbonyl (C=O) groups excluding carboxylic acids is 3. The van der Waals surface area contributed by atoms with Crippen LogP contribution in [0.5, 0.6) is 0 Å². The summed E-state index contributed by atoms with van der Waals surface area (Å²) in [5, 5.41) is 39.5. The molecule has 6 bridgehead atoms. The molecular formula is C60H78N6O7. The van der Waals surface area contributed by atoms with E-state index in [4.69, 9.17) is 15.2 Å². The van der Waals surface area contributed by atoms with Gasteiger partial charge in [0.25, 0.3) is 5.60 Å². The lowest BCUT2D eigenvalue weighted by Crippen LogP contribution is -2.65. The molecule has 13 heteroatoms. The second-order valence-electron chi connectivity index (χ2n) is 23.5. The number of nitrogens with one attached hydrogen (secondary N) is 5. The predicted molar refractivity (Wildman–Crippen MR) is 281 cm³/mol. The second kappa shape index (κ2) is 19.7. The number of carbonyl (C=O) groups is 3. The molecule has 1 aromatic carbocycles. The number of epoxide rings is 1. The molecule has 73 heavy (non-hydrogen) atoms. The van der Waals surface area contributed by atoms with Crippen molar-refractivity contribution >= 4 is 17.5 Å². The predicted octanol–water partition coefficient (Wildman–Crippen LogP) is 6.78. The average molecular weight is 995 g/mol. The highest BCUT2D eigenvalue weighted by molar-refractivity contribution is 6.33. The summed E-state index contributed by atoms with van der Waals surface area (Å²) in [4.78, 5) is 47.8. The Labute approximate surface area is 431 Å². The number of hydrogen-bond acceptors (Lipinski definition) is 13. The van der Waals surface area contributed by atoms with Gasteiger partial charge in [0.05, 0.1) is 18.9 Å². The molecule has 6 heterocycles. The molecule has 9 N–H and O–H groups in total. The third kappa shape index (κ3) is 8.49. The van der Waals surface area contributed by atoms with Crippen LogP contribution >= 0.6 is 0 Å². The van der Waals surface area contributed by atoms with E-state index in [0.29, 0.717) is 68.2 Å². The van der Waals surface area contributed by atoms with E-state index in [2.05, 4.69) is 83.0 Å². The van der Waals surface area contributed by atoms with Crippen LogP contribution in [0.1, 0.15) is 131 Å². The SMILES string of the molecule is CCNC12C=C3C=CCC4C5C=CC(C34)C1C(OC(=O)C13OC1(CC(CO)=C(C)CCC1=CCNC4=C1CCC(NC)N4)C(=O)c1cccc(c1C3=O)CC(C)(CC1=CNC(N)C=C1)CCC5)C(CCO)CC2. The van der Waals surface area contributed by atoms with Gasteiger partial charge >= 0.3 is 5.97 Å². The monoisotopic (exact) mass is 995 g/mol. The zero-order valence-corrected chi connectivity index (χ0v) is 43.4. The van der Waals surface area contributed by atoms with Gasteiger partial charge in [0, 0.05) is 48.4 Å². The first-order chi connectivity index (χ1) is 35.3. The molecule has 0 radical (unpaired) electrons. The van der Waals surface area contributed by atoms with Gasteiger partial charge < -0.3 is 52.0 Å². The quantitative estimate of drug-likeness (QED) is 0.0446. The van der Waals surface area contributed by atoms with Crippen molar-refractivity contribution in [2.24, 2.45) is 46.7 Å². The van der Waals surface area contributed by atoms with Crippen molar-refractivity contribution < 1.29 is 34.1 Å². The maximum absolute atomic E-state index is 16.1. The van der Waals surface area contributed by atoms with Crippen molar-refractivity contribution in [1.82, 2.24) is 26.6 Å². The third-order valence-corrected chi connectivity index (χ3v) is 19.2. The maximum atomic E-state index is 16.1. The van der Waals surface area contributed by atoms with E-state index < -0.39 is 40.4 Å². The summed E-state index contributed by atoms with van der Waals surface area (Å²) in [5.41, 5.74) is 8.76. The zero-order chi connectivity index (χ0) is 50.9. The van der Waals surface area contributed by atoms with Crippen LogP contribution in [0, 0.1) is 40.9 Å². The number of allylic oxidation sites excluding steroid dienone is 10. The fourth-order valence-electron chi connectivity index (χ4n) is 15.6. The van der Waals surface area contributed by atoms with Crippen LogP contribution < -0.4 is 32.3 Å². The van der Waals surface area contributed by atoms with Crippen LogP contribution in [-0.4, -0.2) is 96.3 Å². The second-order valence-corrected chi connectivity index (χ2v) is 23.5. The number of aliphatic hydroxyl groups is 2. The van der Waals surface area contributed by atoms with Gasteiger partial charge in [-0.25, -0.2) is 4.79 Å². The van der Waals surface area contributed by atoms with E-state index in [1.807, 2.05) is 38.4 Å². The Kier molecular flexibility index (Phi) is 13.5. The fraction of sp³-hybridized carbons (Fsp3) is 0.583. The van der Waals surface area contributed by atoms with Gasteiger partial charge in [-0.15, -0.1) is 0 Å². The number of fused-ring (bicyclic) bond motifs is 5. The van der Waals surface area contributed by atoms with Crippen LogP contribution in [0.15, 0.2) is 112 Å². The molecule has 0 aromatic heterocycles. The van der Waals surface area contributed by atoms with Crippen molar-refractivity contribution in [3.8, 4) is 0 Å². The summed E-state index contributed by atoms with van der Waals surface area (Å²) in [5.74, 6) is -0.213. The Balaban J connectivity index is 1.02. The van der Waals surface area contributed by atoms with Gasteiger partial charge in [-0.3, -0.25) is 9.59 Å². The van der Waals surface area contributed by atoms with E-state index in [0.717, 1.165) is 68.3 Å². The van der Waals surface area contributed by atoms with E-state index >= 15 is 14.4 Å². The van der Waals surface area contributed by atoms with Crippen LogP contribution in [0.4, 0.5) is 0 Å². The summed E-state index contributed by atoms with van der Waals surface area (Å²) in [6.07, 6.45) is 29.6. The van der Waals surface area contributed by atoms with Crippen molar-refractivity contribution in [3.63, 3.8) is 0 Å². The van der Waals surface area contributed by atoms with Crippen molar-refractivity contribution in [2.75, 3.05) is 33.4 Å². The first-order valence-electron chi connectivity index (χ1n) is 27.6. The number of nitrogens with two attached hydrogens (primary N) is 1. The zero-order valence-electron chi connectivity index (χ0n) is 43.4. The lowest BCUT2D eigenvalue weighted by Gasteiger charge is -2.59. The molecule has 390 valence electrons. The van der Waals surface area contributed by atoms with E-state index in [9.17, 15) is 10.2 Å². The highest BCUT2D eigenvalue weighted by Gasteiger charge is 2.86. The fourth-order valence-corrected chi connectivity index (χ4v) is 15.6. The molecule has 1 saturated heterocycles. The molecule has 5 aliphatic carbocycles. The molecule has 13 nitrogen and oxygen atoms in total. The van der Waals surface area contributed by atoms with Crippen molar-refractivity contribution in [2.45, 2.75) is 146 Å². The number of ketones is 2. The first kappa shape index (κ1) is 50.3. The van der Waals surface area contributed by atoms with E-state index in [1.165, 1.54) is 16.7 Å². The van der Waals surface area contributed by atoms with Crippen LogP contribution in [0.3, 0.4) is 0 Å². The van der Waals surface area contributed by atoms with E-state index in [1.54, 1.807) is 6.07 Å². The van der Waals surface area contributed by atoms with Crippen LogP contribution in [-0.2, 0) is 20.7 Å². The van der Waals surface area contributed by atoms with Gasteiger partial charge in [0.2, 0.25) is 5.78 Å². The number of hydrogen-bond donors (Lipinski definition) is 8. The van der Waals surface area contributed by atoms with Crippen molar-refractivity contribution in [3.05, 3.63) is 129 Å². The minimum absolute atomic E-state index is 0.0235.